The molecule has 1 atom stereocenters. The zero-order valence-electron chi connectivity index (χ0n) is 10.8. The van der Waals surface area contributed by atoms with Gasteiger partial charge in [0.1, 0.15) is 11.3 Å². The molecule has 3 rings (SSSR count). The molecule has 0 fully saturated rings. The Morgan fingerprint density at radius 2 is 2.20 bits per heavy atom. The zero-order chi connectivity index (χ0) is 14.1. The molecule has 2 heterocycles. The maximum Gasteiger partial charge on any atom is 0.224 e. The van der Waals surface area contributed by atoms with Gasteiger partial charge in [-0.2, -0.15) is 9.97 Å². The number of aromatic nitrogens is 4. The number of nitrogen functional groups attached to an aromatic ring is 1. The van der Waals surface area contributed by atoms with Gasteiger partial charge < -0.3 is 16.0 Å². The molecule has 0 aliphatic rings. The Hall–Kier alpha value is -2.70. The molecule has 1 aromatic carbocycles. The van der Waals surface area contributed by atoms with Gasteiger partial charge in [-0.1, -0.05) is 12.1 Å². The highest BCUT2D eigenvalue weighted by atomic mass is 19.1. The first-order valence-corrected chi connectivity index (χ1v) is 6.12. The van der Waals surface area contributed by atoms with E-state index in [2.05, 4.69) is 25.3 Å². The third-order valence-electron chi connectivity index (χ3n) is 3.00. The highest BCUT2D eigenvalue weighted by Gasteiger charge is 2.12. The molecule has 0 saturated heterocycles. The van der Waals surface area contributed by atoms with E-state index in [1.54, 1.807) is 6.07 Å². The summed E-state index contributed by atoms with van der Waals surface area (Å²) in [6.45, 7) is 1.91. The summed E-state index contributed by atoms with van der Waals surface area (Å²) in [6, 6.07) is 6.27. The summed E-state index contributed by atoms with van der Waals surface area (Å²) < 4.78 is 13.2. The van der Waals surface area contributed by atoms with Crippen LogP contribution in [0, 0.1) is 5.82 Å². The van der Waals surface area contributed by atoms with Gasteiger partial charge in [-0.15, -0.1) is 0 Å². The predicted molar refractivity (Wildman–Crippen MR) is 74.5 cm³/mol. The first-order valence-electron chi connectivity index (χ1n) is 6.12. The van der Waals surface area contributed by atoms with Crippen LogP contribution in [0.3, 0.4) is 0 Å². The van der Waals surface area contributed by atoms with Gasteiger partial charge in [0.25, 0.3) is 0 Å². The molecule has 0 bridgehead atoms. The normalized spacial score (nSPS) is 12.5. The van der Waals surface area contributed by atoms with Crippen molar-refractivity contribution < 1.29 is 4.39 Å². The Morgan fingerprint density at radius 3 is 3.00 bits per heavy atom. The maximum absolute atomic E-state index is 13.2. The SMILES string of the molecule is CC(Nc1nc(N)nc2nc[nH]c12)c1cccc(F)c1. The van der Waals surface area contributed by atoms with E-state index in [0.717, 1.165) is 5.56 Å². The van der Waals surface area contributed by atoms with Crippen LogP contribution in [0.2, 0.25) is 0 Å². The Kier molecular flexibility index (Phi) is 2.94. The van der Waals surface area contributed by atoms with Gasteiger partial charge in [0, 0.05) is 0 Å². The fourth-order valence-electron chi connectivity index (χ4n) is 2.02. The van der Waals surface area contributed by atoms with Crippen molar-refractivity contribution >= 4 is 22.9 Å². The Morgan fingerprint density at radius 1 is 1.35 bits per heavy atom. The van der Waals surface area contributed by atoms with E-state index >= 15 is 0 Å². The van der Waals surface area contributed by atoms with Gasteiger partial charge in [-0.05, 0) is 24.6 Å². The van der Waals surface area contributed by atoms with Crippen molar-refractivity contribution in [1.29, 1.82) is 0 Å². The molecule has 0 aliphatic carbocycles. The number of nitrogens with one attached hydrogen (secondary N) is 2. The number of fused-ring (bicyclic) bond motifs is 1. The van der Waals surface area contributed by atoms with Gasteiger partial charge >= 0.3 is 0 Å². The highest BCUT2D eigenvalue weighted by Crippen LogP contribution is 2.23. The quantitative estimate of drug-likeness (QED) is 0.680. The molecular weight excluding hydrogens is 259 g/mol. The number of nitrogens with two attached hydrogens (primary N) is 1. The molecule has 0 radical (unpaired) electrons. The van der Waals surface area contributed by atoms with E-state index in [1.807, 2.05) is 13.0 Å². The summed E-state index contributed by atoms with van der Waals surface area (Å²) in [6.07, 6.45) is 1.52. The Bertz CT molecular complexity index is 753. The average molecular weight is 272 g/mol. The average Bonchev–Trinajstić information content (AvgIpc) is 2.86. The summed E-state index contributed by atoms with van der Waals surface area (Å²) in [5.41, 5.74) is 7.62. The number of imidazole rings is 1. The summed E-state index contributed by atoms with van der Waals surface area (Å²) >= 11 is 0. The van der Waals surface area contributed by atoms with E-state index in [0.29, 0.717) is 17.0 Å². The molecule has 0 aliphatic heterocycles. The number of anilines is 2. The Labute approximate surface area is 114 Å². The molecular formula is C13H13FN6. The first kappa shape index (κ1) is 12.3. The fraction of sp³-hybridized carbons (Fsp3) is 0.154. The number of aromatic amines is 1. The van der Waals surface area contributed by atoms with Crippen molar-refractivity contribution in [3.63, 3.8) is 0 Å². The van der Waals surface area contributed by atoms with Gasteiger partial charge in [0.05, 0.1) is 12.4 Å². The van der Waals surface area contributed by atoms with Crippen LogP contribution in [0.5, 0.6) is 0 Å². The van der Waals surface area contributed by atoms with Gasteiger partial charge in [0.2, 0.25) is 5.95 Å². The highest BCUT2D eigenvalue weighted by molar-refractivity contribution is 5.83. The first-order chi connectivity index (χ1) is 9.63. The second-order valence-corrected chi connectivity index (χ2v) is 4.45. The zero-order valence-corrected chi connectivity index (χ0v) is 10.8. The minimum atomic E-state index is -0.273. The smallest absolute Gasteiger partial charge is 0.224 e. The monoisotopic (exact) mass is 272 g/mol. The third-order valence-corrected chi connectivity index (χ3v) is 3.00. The summed E-state index contributed by atoms with van der Waals surface area (Å²) in [5.74, 6) is 0.408. The van der Waals surface area contributed by atoms with Crippen LogP contribution in [-0.2, 0) is 0 Å². The van der Waals surface area contributed by atoms with Crippen LogP contribution in [0.15, 0.2) is 30.6 Å². The van der Waals surface area contributed by atoms with Crippen molar-refractivity contribution in [2.75, 3.05) is 11.1 Å². The van der Waals surface area contributed by atoms with Crippen molar-refractivity contribution in [2.45, 2.75) is 13.0 Å². The number of H-pyrrole nitrogens is 1. The lowest BCUT2D eigenvalue weighted by atomic mass is 10.1. The van der Waals surface area contributed by atoms with E-state index < -0.39 is 0 Å². The van der Waals surface area contributed by atoms with Crippen LogP contribution in [0.25, 0.3) is 11.2 Å². The third kappa shape index (κ3) is 2.25. The van der Waals surface area contributed by atoms with Crippen LogP contribution >= 0.6 is 0 Å². The molecule has 7 heteroatoms. The number of nitrogens with zero attached hydrogens (tertiary/aromatic N) is 3. The molecule has 6 nitrogen and oxygen atoms in total. The lowest BCUT2D eigenvalue weighted by Gasteiger charge is -2.15. The minimum Gasteiger partial charge on any atom is -0.368 e. The second-order valence-electron chi connectivity index (χ2n) is 4.45. The number of benzene rings is 1. The molecule has 1 unspecified atom stereocenters. The van der Waals surface area contributed by atoms with Crippen LogP contribution in [0.1, 0.15) is 18.5 Å². The molecule has 3 aromatic rings. The molecule has 0 spiro atoms. The lowest BCUT2D eigenvalue weighted by Crippen LogP contribution is -2.10. The Balaban J connectivity index is 1.94. The fourth-order valence-corrected chi connectivity index (χ4v) is 2.02. The molecule has 4 N–H and O–H groups in total. The van der Waals surface area contributed by atoms with Gasteiger partial charge in [-0.25, -0.2) is 9.37 Å². The largest absolute Gasteiger partial charge is 0.368 e. The number of hydrogen-bond acceptors (Lipinski definition) is 5. The molecule has 0 saturated carbocycles. The predicted octanol–water partition coefficient (Wildman–Crippen LogP) is 2.25. The minimum absolute atomic E-state index is 0.133. The van der Waals surface area contributed by atoms with Crippen LogP contribution < -0.4 is 11.1 Å². The molecule has 20 heavy (non-hydrogen) atoms. The number of hydrogen-bond donors (Lipinski definition) is 3. The van der Waals surface area contributed by atoms with Crippen molar-refractivity contribution in [3.8, 4) is 0 Å². The summed E-state index contributed by atoms with van der Waals surface area (Å²) in [5, 5.41) is 3.19. The van der Waals surface area contributed by atoms with Crippen molar-refractivity contribution in [3.05, 3.63) is 42.0 Å². The van der Waals surface area contributed by atoms with Gasteiger partial charge in [-0.3, -0.25) is 0 Å². The topological polar surface area (TPSA) is 92.5 Å². The lowest BCUT2D eigenvalue weighted by molar-refractivity contribution is 0.623. The molecule has 102 valence electrons. The van der Waals surface area contributed by atoms with Crippen LogP contribution in [-0.4, -0.2) is 19.9 Å². The van der Waals surface area contributed by atoms with Crippen molar-refractivity contribution in [2.24, 2.45) is 0 Å². The standard InChI is InChI=1S/C13H13FN6/c1-7(8-3-2-4-9(14)5-8)18-12-10-11(17-6-16-10)19-13(15)20-12/h2-7H,1H3,(H4,15,16,17,18,19,20). The van der Waals surface area contributed by atoms with Gasteiger partial charge in [0.15, 0.2) is 11.5 Å². The second kappa shape index (κ2) is 4.76. The van der Waals surface area contributed by atoms with Crippen LogP contribution in [0.4, 0.5) is 16.2 Å². The number of halogens is 1. The van der Waals surface area contributed by atoms with E-state index in [4.69, 9.17) is 5.73 Å². The summed E-state index contributed by atoms with van der Waals surface area (Å²) in [7, 11) is 0. The number of rotatable bonds is 3. The maximum atomic E-state index is 13.2. The van der Waals surface area contributed by atoms with E-state index in [1.165, 1.54) is 18.5 Å². The molecule has 0 amide bonds. The van der Waals surface area contributed by atoms with E-state index in [9.17, 15) is 4.39 Å². The molecule has 2 aromatic heterocycles. The van der Waals surface area contributed by atoms with E-state index in [-0.39, 0.29) is 17.8 Å². The summed E-state index contributed by atoms with van der Waals surface area (Å²) in [4.78, 5) is 15.2. The van der Waals surface area contributed by atoms with Crippen molar-refractivity contribution in [1.82, 2.24) is 19.9 Å².